The predicted octanol–water partition coefficient (Wildman–Crippen LogP) is 1.51. The zero-order valence-corrected chi connectivity index (χ0v) is 10.4. The molecule has 1 fully saturated rings. The maximum Gasteiger partial charge on any atom is 0.178 e. The van der Waals surface area contributed by atoms with Gasteiger partial charge in [0.1, 0.15) is 11.9 Å². The number of likely N-dealkylation sites (N-methyl/N-ethyl adjacent to an activating group) is 1. The molecular formula is C11H14ClN5. The topological polar surface area (TPSA) is 64.8 Å². The van der Waals surface area contributed by atoms with Gasteiger partial charge in [-0.1, -0.05) is 11.6 Å². The number of nitrogens with one attached hydrogen (secondary N) is 1. The van der Waals surface area contributed by atoms with Crippen molar-refractivity contribution in [3.63, 3.8) is 0 Å². The Bertz CT molecular complexity index is 442. The molecule has 1 N–H and O–H groups in total. The second-order valence-electron chi connectivity index (χ2n) is 4.25. The van der Waals surface area contributed by atoms with Gasteiger partial charge < -0.3 is 10.2 Å². The lowest BCUT2D eigenvalue weighted by molar-refractivity contribution is 0.260. The number of hydrogen-bond acceptors (Lipinski definition) is 5. The molecule has 0 radical (unpaired) electrons. The summed E-state index contributed by atoms with van der Waals surface area (Å²) in [6.45, 7) is 2.12. The van der Waals surface area contributed by atoms with Gasteiger partial charge in [-0.2, -0.15) is 5.26 Å². The highest BCUT2D eigenvalue weighted by Gasteiger charge is 2.17. The molecule has 1 aliphatic heterocycles. The normalized spacial score (nSPS) is 20.9. The third-order valence-corrected chi connectivity index (χ3v) is 3.08. The minimum atomic E-state index is 0.154. The lowest BCUT2D eigenvalue weighted by atomic mass is 10.1. The summed E-state index contributed by atoms with van der Waals surface area (Å²) in [5, 5.41) is 12.2. The highest BCUT2D eigenvalue weighted by Crippen LogP contribution is 2.16. The van der Waals surface area contributed by atoms with E-state index in [4.69, 9.17) is 16.9 Å². The fourth-order valence-electron chi connectivity index (χ4n) is 2.00. The fourth-order valence-corrected chi connectivity index (χ4v) is 2.19. The summed E-state index contributed by atoms with van der Waals surface area (Å²) in [4.78, 5) is 10.3. The van der Waals surface area contributed by atoms with Crippen molar-refractivity contribution in [3.05, 3.63) is 17.0 Å². The van der Waals surface area contributed by atoms with Crippen LogP contribution in [0.1, 0.15) is 18.5 Å². The van der Waals surface area contributed by atoms with Gasteiger partial charge in [0.25, 0.3) is 0 Å². The van der Waals surface area contributed by atoms with Crippen LogP contribution >= 0.6 is 11.6 Å². The van der Waals surface area contributed by atoms with E-state index in [1.54, 1.807) is 6.20 Å². The lowest BCUT2D eigenvalue weighted by Gasteiger charge is -2.30. The van der Waals surface area contributed by atoms with Gasteiger partial charge in [-0.15, -0.1) is 0 Å². The van der Waals surface area contributed by atoms with Crippen molar-refractivity contribution in [2.45, 2.75) is 18.9 Å². The molecule has 1 atom stereocenters. The van der Waals surface area contributed by atoms with Crippen LogP contribution in [0.2, 0.25) is 5.15 Å². The minimum Gasteiger partial charge on any atom is -0.365 e. The van der Waals surface area contributed by atoms with Crippen molar-refractivity contribution in [1.82, 2.24) is 14.9 Å². The Morgan fingerprint density at radius 3 is 3.12 bits per heavy atom. The molecule has 0 aliphatic carbocycles. The predicted molar refractivity (Wildman–Crippen MR) is 65.9 cm³/mol. The molecule has 0 spiro atoms. The zero-order valence-electron chi connectivity index (χ0n) is 9.65. The summed E-state index contributed by atoms with van der Waals surface area (Å²) < 4.78 is 0. The first kappa shape index (κ1) is 12.1. The number of nitriles is 1. The van der Waals surface area contributed by atoms with Gasteiger partial charge in [-0.3, -0.25) is 0 Å². The molecule has 0 aromatic carbocycles. The third-order valence-electron chi connectivity index (χ3n) is 2.81. The molecule has 1 aromatic rings. The first-order chi connectivity index (χ1) is 8.19. The van der Waals surface area contributed by atoms with Crippen molar-refractivity contribution in [2.24, 2.45) is 0 Å². The molecule has 0 bridgehead atoms. The van der Waals surface area contributed by atoms with Gasteiger partial charge in [0.2, 0.25) is 0 Å². The Kier molecular flexibility index (Phi) is 3.77. The van der Waals surface area contributed by atoms with Crippen molar-refractivity contribution in [1.29, 1.82) is 5.26 Å². The van der Waals surface area contributed by atoms with E-state index in [9.17, 15) is 0 Å². The number of piperidine rings is 1. The van der Waals surface area contributed by atoms with Gasteiger partial charge in [0.15, 0.2) is 10.8 Å². The zero-order chi connectivity index (χ0) is 12.3. The molecule has 1 saturated heterocycles. The Morgan fingerprint density at radius 1 is 1.65 bits per heavy atom. The van der Waals surface area contributed by atoms with Crippen molar-refractivity contribution in [3.8, 4) is 6.07 Å². The van der Waals surface area contributed by atoms with Crippen molar-refractivity contribution >= 4 is 17.4 Å². The van der Waals surface area contributed by atoms with E-state index in [-0.39, 0.29) is 10.8 Å². The summed E-state index contributed by atoms with van der Waals surface area (Å²) in [5.41, 5.74) is 0.165. The minimum absolute atomic E-state index is 0.154. The van der Waals surface area contributed by atoms with Gasteiger partial charge in [0, 0.05) is 12.6 Å². The van der Waals surface area contributed by atoms with Crippen LogP contribution in [0.15, 0.2) is 6.20 Å². The van der Waals surface area contributed by atoms with Crippen LogP contribution in [0.5, 0.6) is 0 Å². The standard InChI is InChI=1S/C11H14ClN5/c1-17-4-2-3-8(7-17)15-10-6-14-9(5-13)11(12)16-10/h6,8H,2-4,7H2,1H3,(H,15,16). The van der Waals surface area contributed by atoms with Crippen molar-refractivity contribution < 1.29 is 0 Å². The molecule has 1 unspecified atom stereocenters. The summed E-state index contributed by atoms with van der Waals surface area (Å²) in [6.07, 6.45) is 3.84. The monoisotopic (exact) mass is 251 g/mol. The van der Waals surface area contributed by atoms with Gasteiger partial charge in [-0.25, -0.2) is 9.97 Å². The second kappa shape index (κ2) is 5.30. The molecule has 2 rings (SSSR count). The van der Waals surface area contributed by atoms with Crippen LogP contribution < -0.4 is 5.32 Å². The molecule has 2 heterocycles. The van der Waals surface area contributed by atoms with Crippen LogP contribution in [0, 0.1) is 11.3 Å². The van der Waals surface area contributed by atoms with Crippen LogP contribution in [0.25, 0.3) is 0 Å². The van der Waals surface area contributed by atoms with E-state index in [2.05, 4.69) is 27.2 Å². The maximum atomic E-state index is 8.70. The maximum absolute atomic E-state index is 8.70. The largest absolute Gasteiger partial charge is 0.365 e. The first-order valence-corrected chi connectivity index (χ1v) is 5.94. The smallest absolute Gasteiger partial charge is 0.178 e. The molecule has 5 nitrogen and oxygen atoms in total. The molecule has 1 aliphatic rings. The number of nitrogens with zero attached hydrogens (tertiary/aromatic N) is 4. The number of anilines is 1. The molecule has 1 aromatic heterocycles. The van der Waals surface area contributed by atoms with Gasteiger partial charge in [-0.05, 0) is 26.4 Å². The van der Waals surface area contributed by atoms with E-state index < -0.39 is 0 Å². The fraction of sp³-hybridized carbons (Fsp3) is 0.545. The molecule has 0 saturated carbocycles. The van der Waals surface area contributed by atoms with Crippen LogP contribution in [-0.4, -0.2) is 41.0 Å². The molecule has 90 valence electrons. The molecule has 6 heteroatoms. The van der Waals surface area contributed by atoms with Crippen LogP contribution in [-0.2, 0) is 0 Å². The summed E-state index contributed by atoms with van der Waals surface area (Å²) >= 11 is 5.83. The summed E-state index contributed by atoms with van der Waals surface area (Å²) in [7, 11) is 2.10. The molecule has 0 amide bonds. The number of rotatable bonds is 2. The van der Waals surface area contributed by atoms with Crippen LogP contribution in [0.3, 0.4) is 0 Å². The lowest BCUT2D eigenvalue weighted by Crippen LogP contribution is -2.39. The van der Waals surface area contributed by atoms with E-state index in [0.29, 0.717) is 11.9 Å². The molecule has 17 heavy (non-hydrogen) atoms. The number of halogens is 1. The molecular weight excluding hydrogens is 238 g/mol. The quantitative estimate of drug-likeness (QED) is 0.863. The Balaban J connectivity index is 2.04. The van der Waals surface area contributed by atoms with Crippen molar-refractivity contribution in [2.75, 3.05) is 25.5 Å². The van der Waals surface area contributed by atoms with Crippen LogP contribution in [0.4, 0.5) is 5.82 Å². The highest BCUT2D eigenvalue weighted by molar-refractivity contribution is 6.30. The summed E-state index contributed by atoms with van der Waals surface area (Å²) in [5.74, 6) is 0.634. The van der Waals surface area contributed by atoms with E-state index in [0.717, 1.165) is 19.5 Å². The summed E-state index contributed by atoms with van der Waals surface area (Å²) in [6, 6.07) is 2.26. The number of hydrogen-bond donors (Lipinski definition) is 1. The Hall–Kier alpha value is -1.38. The van der Waals surface area contributed by atoms with E-state index in [1.165, 1.54) is 6.42 Å². The van der Waals surface area contributed by atoms with E-state index in [1.807, 2.05) is 6.07 Å². The average Bonchev–Trinajstić information content (AvgIpc) is 2.29. The highest BCUT2D eigenvalue weighted by atomic mass is 35.5. The first-order valence-electron chi connectivity index (χ1n) is 5.57. The van der Waals surface area contributed by atoms with Gasteiger partial charge >= 0.3 is 0 Å². The Labute approximate surface area is 105 Å². The van der Waals surface area contributed by atoms with E-state index >= 15 is 0 Å². The third kappa shape index (κ3) is 3.05. The SMILES string of the molecule is CN1CCCC(Nc2cnc(C#N)c(Cl)n2)C1. The number of likely N-dealkylation sites (tertiary alicyclic amines) is 1. The number of aromatic nitrogens is 2. The second-order valence-corrected chi connectivity index (χ2v) is 4.61. The van der Waals surface area contributed by atoms with Gasteiger partial charge in [0.05, 0.1) is 6.20 Å². The average molecular weight is 252 g/mol. The Morgan fingerprint density at radius 2 is 2.47 bits per heavy atom.